The van der Waals surface area contributed by atoms with Gasteiger partial charge in [-0.3, -0.25) is 4.79 Å². The number of carbonyl (C=O) groups is 1. The van der Waals surface area contributed by atoms with Crippen molar-refractivity contribution in [3.8, 4) is 0 Å². The molecule has 1 amide bonds. The van der Waals surface area contributed by atoms with Gasteiger partial charge in [-0.15, -0.1) is 0 Å². The zero-order chi connectivity index (χ0) is 16.5. The molecule has 2 fully saturated rings. The summed E-state index contributed by atoms with van der Waals surface area (Å²) in [6, 6.07) is 5.56. The van der Waals surface area contributed by atoms with E-state index < -0.39 is 0 Å². The Morgan fingerprint density at radius 3 is 2.43 bits per heavy atom. The maximum absolute atomic E-state index is 10.3. The number of carbonyl (C=O) groups excluding carboxylic acids is 1. The van der Waals surface area contributed by atoms with E-state index in [1.807, 2.05) is 18.2 Å². The summed E-state index contributed by atoms with van der Waals surface area (Å²) < 4.78 is 4.94. The number of hydrogen-bond donors (Lipinski definition) is 2. The van der Waals surface area contributed by atoms with E-state index in [9.17, 15) is 4.79 Å². The number of fused-ring (bicyclic) bond motifs is 1. The Morgan fingerprint density at radius 2 is 1.91 bits per heavy atom. The minimum atomic E-state index is -0.331. The number of primary amides is 1. The van der Waals surface area contributed by atoms with Crippen molar-refractivity contribution < 1.29 is 9.53 Å². The van der Waals surface area contributed by atoms with Crippen LogP contribution in [0.3, 0.4) is 0 Å². The van der Waals surface area contributed by atoms with Gasteiger partial charge in [-0.1, -0.05) is 43.7 Å². The third-order valence-electron chi connectivity index (χ3n) is 3.88. The summed E-state index contributed by atoms with van der Waals surface area (Å²) in [5.41, 5.74) is 6.86. The van der Waals surface area contributed by atoms with Gasteiger partial charge in [0.15, 0.2) is 0 Å². The summed E-state index contributed by atoms with van der Waals surface area (Å²) in [6.07, 6.45) is 10.6. The van der Waals surface area contributed by atoms with Gasteiger partial charge in [-0.2, -0.15) is 0 Å². The zero-order valence-corrected chi connectivity index (χ0v) is 14.0. The molecule has 0 bridgehead atoms. The lowest BCUT2D eigenvalue weighted by Crippen LogP contribution is -2.27. The Labute approximate surface area is 141 Å². The van der Waals surface area contributed by atoms with E-state index in [-0.39, 0.29) is 12.0 Å². The summed E-state index contributed by atoms with van der Waals surface area (Å²) in [7, 11) is 0. The van der Waals surface area contributed by atoms with Crippen LogP contribution in [0.2, 0.25) is 5.02 Å². The number of halogens is 1. The second kappa shape index (κ2) is 9.53. The van der Waals surface area contributed by atoms with E-state index >= 15 is 0 Å². The van der Waals surface area contributed by atoms with Crippen LogP contribution in [-0.2, 0) is 9.53 Å². The highest BCUT2D eigenvalue weighted by Gasteiger charge is 2.19. The molecule has 2 heterocycles. The first kappa shape index (κ1) is 17.8. The molecule has 1 aliphatic heterocycles. The second-order valence-corrected chi connectivity index (χ2v) is 6.17. The molecule has 2 aromatic rings. The Balaban J connectivity index is 0.000000133. The van der Waals surface area contributed by atoms with Crippen LogP contribution in [0.5, 0.6) is 0 Å². The van der Waals surface area contributed by atoms with Crippen molar-refractivity contribution in [3.63, 3.8) is 0 Å². The number of nitrogens with one attached hydrogen (secondary N) is 1. The molecule has 1 aromatic carbocycles. The normalized spacial score (nSPS) is 19.6. The number of aromatic amines is 1. The molecule has 1 aliphatic carbocycles. The van der Waals surface area contributed by atoms with E-state index in [4.69, 9.17) is 22.1 Å². The predicted octanol–water partition coefficient (Wildman–Crippen LogP) is 3.82. The minimum absolute atomic E-state index is 0.296. The number of aromatic nitrogens is 2. The van der Waals surface area contributed by atoms with E-state index in [2.05, 4.69) is 9.97 Å². The average molecular weight is 338 g/mol. The number of hydrogen-bond acceptors (Lipinski definition) is 3. The molecular formula is C17H24ClN3O2. The SMILES string of the molecule is C1CCCC1.Clc1ccc2nc[nH]c2c1.NC(=O)[C@@H]1CCCO1. The van der Waals surface area contributed by atoms with Crippen molar-refractivity contribution in [1.82, 2.24) is 9.97 Å². The van der Waals surface area contributed by atoms with Crippen LogP contribution in [0.4, 0.5) is 0 Å². The first-order valence-corrected chi connectivity index (χ1v) is 8.54. The van der Waals surface area contributed by atoms with Crippen molar-refractivity contribution in [2.24, 2.45) is 5.73 Å². The summed E-state index contributed by atoms with van der Waals surface area (Å²) >= 11 is 5.73. The molecule has 126 valence electrons. The van der Waals surface area contributed by atoms with E-state index in [1.165, 1.54) is 32.1 Å². The molecule has 5 nitrogen and oxygen atoms in total. The van der Waals surface area contributed by atoms with Gasteiger partial charge < -0.3 is 15.5 Å². The summed E-state index contributed by atoms with van der Waals surface area (Å²) in [5, 5.41) is 0.733. The molecule has 1 saturated heterocycles. The summed E-state index contributed by atoms with van der Waals surface area (Å²) in [5.74, 6) is -0.331. The first-order valence-electron chi connectivity index (χ1n) is 8.16. The smallest absolute Gasteiger partial charge is 0.246 e. The number of rotatable bonds is 1. The molecule has 0 unspecified atom stereocenters. The van der Waals surface area contributed by atoms with Crippen LogP contribution in [-0.4, -0.2) is 28.6 Å². The molecule has 4 rings (SSSR count). The monoisotopic (exact) mass is 337 g/mol. The van der Waals surface area contributed by atoms with Gasteiger partial charge in [-0.25, -0.2) is 4.98 Å². The zero-order valence-electron chi connectivity index (χ0n) is 13.3. The predicted molar refractivity (Wildman–Crippen MR) is 92.4 cm³/mol. The van der Waals surface area contributed by atoms with Crippen LogP contribution >= 0.6 is 11.6 Å². The Bertz CT molecular complexity index is 597. The van der Waals surface area contributed by atoms with Crippen molar-refractivity contribution >= 4 is 28.5 Å². The van der Waals surface area contributed by atoms with E-state index in [0.717, 1.165) is 28.9 Å². The summed E-state index contributed by atoms with van der Waals surface area (Å²) in [4.78, 5) is 17.3. The van der Waals surface area contributed by atoms with Gasteiger partial charge in [0.25, 0.3) is 0 Å². The summed E-state index contributed by atoms with van der Waals surface area (Å²) in [6.45, 7) is 0.688. The third-order valence-corrected chi connectivity index (χ3v) is 4.11. The fraction of sp³-hybridized carbons (Fsp3) is 0.529. The van der Waals surface area contributed by atoms with Gasteiger partial charge in [-0.05, 0) is 31.0 Å². The van der Waals surface area contributed by atoms with Crippen LogP contribution in [0.15, 0.2) is 24.5 Å². The number of amides is 1. The van der Waals surface area contributed by atoms with Gasteiger partial charge in [0.1, 0.15) is 6.10 Å². The van der Waals surface area contributed by atoms with Gasteiger partial charge in [0.2, 0.25) is 5.91 Å². The maximum atomic E-state index is 10.3. The highest BCUT2D eigenvalue weighted by molar-refractivity contribution is 6.31. The number of ether oxygens (including phenoxy) is 1. The highest BCUT2D eigenvalue weighted by Crippen LogP contribution is 2.15. The Morgan fingerprint density at radius 1 is 1.22 bits per heavy atom. The average Bonchev–Trinajstić information content (AvgIpc) is 3.30. The maximum Gasteiger partial charge on any atom is 0.246 e. The van der Waals surface area contributed by atoms with Crippen LogP contribution in [0.1, 0.15) is 44.9 Å². The van der Waals surface area contributed by atoms with Gasteiger partial charge in [0.05, 0.1) is 17.4 Å². The van der Waals surface area contributed by atoms with Crippen molar-refractivity contribution in [2.45, 2.75) is 51.0 Å². The molecule has 3 N–H and O–H groups in total. The standard InChI is InChI=1S/C7H5ClN2.C5H9NO2.C5H10/c8-5-1-2-6-7(3-5)10-4-9-6;6-5(7)4-2-1-3-8-4;1-2-4-5-3-1/h1-4H,(H,9,10);4H,1-3H2,(H2,6,7);1-5H2/t;4-;/m.0./s1. The minimum Gasteiger partial charge on any atom is -0.368 e. The van der Waals surface area contributed by atoms with Crippen molar-refractivity contribution in [2.75, 3.05) is 6.61 Å². The fourth-order valence-electron chi connectivity index (χ4n) is 2.59. The molecule has 6 heteroatoms. The first-order chi connectivity index (χ1) is 11.2. The van der Waals surface area contributed by atoms with Crippen LogP contribution < -0.4 is 5.73 Å². The molecule has 1 saturated carbocycles. The molecule has 0 spiro atoms. The lowest BCUT2D eigenvalue weighted by molar-refractivity contribution is -0.126. The number of nitrogens with two attached hydrogens (primary N) is 1. The topological polar surface area (TPSA) is 81.0 Å². The van der Waals surface area contributed by atoms with Gasteiger partial charge in [0, 0.05) is 11.6 Å². The Kier molecular flexibility index (Phi) is 7.36. The van der Waals surface area contributed by atoms with Crippen LogP contribution in [0, 0.1) is 0 Å². The fourth-order valence-corrected chi connectivity index (χ4v) is 2.77. The van der Waals surface area contributed by atoms with Gasteiger partial charge >= 0.3 is 0 Å². The quantitative estimate of drug-likeness (QED) is 0.830. The molecule has 0 radical (unpaired) electrons. The molecular weight excluding hydrogens is 314 g/mol. The van der Waals surface area contributed by atoms with Crippen LogP contribution in [0.25, 0.3) is 11.0 Å². The lowest BCUT2D eigenvalue weighted by Gasteiger charge is -2.00. The largest absolute Gasteiger partial charge is 0.368 e. The number of H-pyrrole nitrogens is 1. The van der Waals surface area contributed by atoms with E-state index in [0.29, 0.717) is 6.61 Å². The Hall–Kier alpha value is -1.59. The molecule has 1 aromatic heterocycles. The lowest BCUT2D eigenvalue weighted by atomic mass is 10.2. The molecule has 23 heavy (non-hydrogen) atoms. The molecule has 2 aliphatic rings. The molecule has 1 atom stereocenters. The van der Waals surface area contributed by atoms with E-state index in [1.54, 1.807) is 6.33 Å². The highest BCUT2D eigenvalue weighted by atomic mass is 35.5. The van der Waals surface area contributed by atoms with Crippen molar-refractivity contribution in [1.29, 1.82) is 0 Å². The number of benzene rings is 1. The number of imidazole rings is 1. The van der Waals surface area contributed by atoms with Crippen molar-refractivity contribution in [3.05, 3.63) is 29.5 Å². The third kappa shape index (κ3) is 6.20. The number of nitrogens with zero attached hydrogens (tertiary/aromatic N) is 1. The second-order valence-electron chi connectivity index (χ2n) is 5.74.